The fourth-order valence-corrected chi connectivity index (χ4v) is 3.47. The van der Waals surface area contributed by atoms with E-state index in [9.17, 15) is 5.11 Å². The maximum absolute atomic E-state index is 9.94. The van der Waals surface area contributed by atoms with Crippen LogP contribution in [-0.4, -0.2) is 30.6 Å². The number of hydrogen-bond acceptors (Lipinski definition) is 2. The Labute approximate surface area is 178 Å². The van der Waals surface area contributed by atoms with E-state index in [0.717, 1.165) is 39.4 Å². The van der Waals surface area contributed by atoms with Crippen LogP contribution in [0.15, 0.2) is 78.4 Å². The minimum absolute atomic E-state index is 0. The molecule has 3 aromatic carbocycles. The summed E-state index contributed by atoms with van der Waals surface area (Å²) in [4.78, 5) is 2.15. The second kappa shape index (κ2) is 9.79. The first-order chi connectivity index (χ1) is 12.9. The van der Waals surface area contributed by atoms with Crippen LogP contribution in [0.4, 0.5) is 0 Å². The van der Waals surface area contributed by atoms with Gasteiger partial charge in [0.15, 0.2) is 0 Å². The van der Waals surface area contributed by atoms with Crippen molar-refractivity contribution in [2.24, 2.45) is 0 Å². The van der Waals surface area contributed by atoms with Gasteiger partial charge in [0.25, 0.3) is 0 Å². The minimum Gasteiger partial charge on any atom is -0.508 e. The number of rotatable bonds is 5. The fourth-order valence-electron chi connectivity index (χ4n) is 3.35. The van der Waals surface area contributed by atoms with Crippen LogP contribution < -0.4 is 0 Å². The van der Waals surface area contributed by atoms with Gasteiger partial charge in [-0.05, 0) is 73.1 Å². The average molecular weight is 414 g/mol. The third-order valence-electron chi connectivity index (χ3n) is 4.47. The number of likely N-dealkylation sites (N-methyl/N-ethyl adjacent to an activating group) is 1. The Morgan fingerprint density at radius 3 is 1.96 bits per heavy atom. The van der Waals surface area contributed by atoms with E-state index in [0.29, 0.717) is 0 Å². The molecule has 0 aliphatic carbocycles. The zero-order valence-electron chi connectivity index (χ0n) is 16.3. The molecular weight excluding hydrogens is 389 g/mol. The summed E-state index contributed by atoms with van der Waals surface area (Å²) in [5.41, 5.74) is 6.85. The number of nitrogens with zero attached hydrogens (tertiary/aromatic N) is 1. The highest BCUT2D eigenvalue weighted by molar-refractivity contribution is 6.30. The average Bonchev–Trinajstić information content (AvgIpc) is 2.63. The molecule has 0 atom stereocenters. The SMILES string of the molecule is C/C(CN(C)C)=C(\c1ccc(-c2ccc(Cl)cc2)cc1)c1cccc(O)c1.Cl. The number of benzene rings is 3. The summed E-state index contributed by atoms with van der Waals surface area (Å²) in [5, 5.41) is 10.7. The van der Waals surface area contributed by atoms with Gasteiger partial charge in [0.05, 0.1) is 0 Å². The molecule has 3 aromatic rings. The first-order valence-electron chi connectivity index (χ1n) is 8.94. The summed E-state index contributed by atoms with van der Waals surface area (Å²) in [6, 6.07) is 23.9. The van der Waals surface area contributed by atoms with E-state index in [-0.39, 0.29) is 18.2 Å². The Kier molecular flexibility index (Phi) is 7.70. The Balaban J connectivity index is 0.00000280. The maximum Gasteiger partial charge on any atom is 0.116 e. The van der Waals surface area contributed by atoms with E-state index < -0.39 is 0 Å². The third kappa shape index (κ3) is 5.39. The number of hydrogen-bond donors (Lipinski definition) is 1. The summed E-state index contributed by atoms with van der Waals surface area (Å²) in [7, 11) is 4.13. The monoisotopic (exact) mass is 413 g/mol. The smallest absolute Gasteiger partial charge is 0.116 e. The van der Waals surface area contributed by atoms with E-state index in [1.165, 1.54) is 5.57 Å². The van der Waals surface area contributed by atoms with Gasteiger partial charge in [-0.1, -0.05) is 65.7 Å². The van der Waals surface area contributed by atoms with Gasteiger partial charge in [0, 0.05) is 11.6 Å². The van der Waals surface area contributed by atoms with Crippen molar-refractivity contribution < 1.29 is 5.11 Å². The number of aromatic hydroxyl groups is 1. The summed E-state index contributed by atoms with van der Waals surface area (Å²) in [5.74, 6) is 0.278. The van der Waals surface area contributed by atoms with Crippen molar-refractivity contribution in [1.29, 1.82) is 0 Å². The zero-order chi connectivity index (χ0) is 19.4. The highest BCUT2D eigenvalue weighted by Crippen LogP contribution is 2.31. The Morgan fingerprint density at radius 2 is 1.43 bits per heavy atom. The molecule has 0 fully saturated rings. The number of phenolic OH excluding ortho intramolecular Hbond substituents is 1. The van der Waals surface area contributed by atoms with Crippen molar-refractivity contribution in [2.75, 3.05) is 20.6 Å². The second-order valence-corrected chi connectivity index (χ2v) is 7.46. The van der Waals surface area contributed by atoms with Gasteiger partial charge in [0.1, 0.15) is 5.75 Å². The van der Waals surface area contributed by atoms with E-state index >= 15 is 0 Å². The molecule has 0 bridgehead atoms. The van der Waals surface area contributed by atoms with Gasteiger partial charge in [-0.3, -0.25) is 0 Å². The van der Waals surface area contributed by atoms with E-state index in [1.54, 1.807) is 6.07 Å². The highest BCUT2D eigenvalue weighted by Gasteiger charge is 2.11. The van der Waals surface area contributed by atoms with E-state index in [1.807, 2.05) is 42.5 Å². The Morgan fingerprint density at radius 1 is 0.857 bits per heavy atom. The molecule has 2 nitrogen and oxygen atoms in total. The van der Waals surface area contributed by atoms with Crippen LogP contribution in [0.1, 0.15) is 18.1 Å². The largest absolute Gasteiger partial charge is 0.508 e. The molecule has 0 unspecified atom stereocenters. The van der Waals surface area contributed by atoms with Crippen molar-refractivity contribution in [2.45, 2.75) is 6.92 Å². The molecule has 0 radical (unpaired) electrons. The van der Waals surface area contributed by atoms with Crippen LogP contribution in [0.2, 0.25) is 5.02 Å². The van der Waals surface area contributed by atoms with Crippen LogP contribution in [-0.2, 0) is 0 Å². The molecule has 0 heterocycles. The molecule has 0 spiro atoms. The lowest BCUT2D eigenvalue weighted by Crippen LogP contribution is -2.15. The predicted octanol–water partition coefficient (Wildman–Crippen LogP) is 6.52. The number of halogens is 2. The lowest BCUT2D eigenvalue weighted by Gasteiger charge is -2.17. The molecule has 0 aliphatic heterocycles. The molecular formula is C24H25Cl2NO. The Bertz CT molecular complexity index is 945. The van der Waals surface area contributed by atoms with Gasteiger partial charge >= 0.3 is 0 Å². The van der Waals surface area contributed by atoms with Crippen molar-refractivity contribution in [3.05, 3.63) is 94.5 Å². The quantitative estimate of drug-likeness (QED) is 0.514. The topological polar surface area (TPSA) is 23.5 Å². The lowest BCUT2D eigenvalue weighted by molar-refractivity contribution is 0.446. The van der Waals surface area contributed by atoms with E-state index in [4.69, 9.17) is 11.6 Å². The molecule has 146 valence electrons. The van der Waals surface area contributed by atoms with Gasteiger partial charge in [-0.25, -0.2) is 0 Å². The fraction of sp³-hybridized carbons (Fsp3) is 0.167. The van der Waals surface area contributed by atoms with Crippen molar-refractivity contribution in [3.8, 4) is 16.9 Å². The molecule has 28 heavy (non-hydrogen) atoms. The summed E-state index contributed by atoms with van der Waals surface area (Å²) in [6.45, 7) is 3.00. The molecule has 4 heteroatoms. The first kappa shape index (κ1) is 22.0. The van der Waals surface area contributed by atoms with Crippen molar-refractivity contribution in [3.63, 3.8) is 0 Å². The molecule has 0 aromatic heterocycles. The second-order valence-electron chi connectivity index (χ2n) is 7.03. The van der Waals surface area contributed by atoms with Crippen LogP contribution in [0.5, 0.6) is 5.75 Å². The normalized spacial score (nSPS) is 11.8. The predicted molar refractivity (Wildman–Crippen MR) is 122 cm³/mol. The molecule has 3 rings (SSSR count). The third-order valence-corrected chi connectivity index (χ3v) is 4.72. The van der Waals surface area contributed by atoms with Crippen LogP contribution in [0.3, 0.4) is 0 Å². The summed E-state index contributed by atoms with van der Waals surface area (Å²) < 4.78 is 0. The lowest BCUT2D eigenvalue weighted by atomic mass is 9.92. The zero-order valence-corrected chi connectivity index (χ0v) is 17.9. The Hall–Kier alpha value is -2.26. The molecule has 0 saturated carbocycles. The first-order valence-corrected chi connectivity index (χ1v) is 9.32. The summed E-state index contributed by atoms with van der Waals surface area (Å²) in [6.07, 6.45) is 0. The molecule has 1 N–H and O–H groups in total. The maximum atomic E-state index is 9.94. The van der Waals surface area contributed by atoms with Crippen LogP contribution >= 0.6 is 24.0 Å². The molecule has 0 amide bonds. The number of phenols is 1. The summed E-state index contributed by atoms with van der Waals surface area (Å²) >= 11 is 5.99. The highest BCUT2D eigenvalue weighted by atomic mass is 35.5. The van der Waals surface area contributed by atoms with Crippen molar-refractivity contribution in [1.82, 2.24) is 4.90 Å². The van der Waals surface area contributed by atoms with Crippen LogP contribution in [0, 0.1) is 0 Å². The van der Waals surface area contributed by atoms with Crippen LogP contribution in [0.25, 0.3) is 16.7 Å². The minimum atomic E-state index is 0. The standard InChI is InChI=1S/C24H24ClNO.ClH/c1-17(16-26(2)3)24(21-5-4-6-23(27)15-21)20-9-7-18(8-10-20)19-11-13-22(25)14-12-19;/h4-15,27H,16H2,1-3H3;1H/b24-17-;. The van der Waals surface area contributed by atoms with Gasteiger partial charge < -0.3 is 10.0 Å². The van der Waals surface area contributed by atoms with Gasteiger partial charge in [0.2, 0.25) is 0 Å². The van der Waals surface area contributed by atoms with Crippen molar-refractivity contribution >= 4 is 29.6 Å². The molecule has 0 saturated heterocycles. The van der Waals surface area contributed by atoms with Gasteiger partial charge in [-0.2, -0.15) is 0 Å². The van der Waals surface area contributed by atoms with E-state index in [2.05, 4.69) is 50.2 Å². The van der Waals surface area contributed by atoms with Gasteiger partial charge in [-0.15, -0.1) is 12.4 Å². The molecule has 0 aliphatic rings.